The van der Waals surface area contributed by atoms with E-state index in [0.717, 1.165) is 11.1 Å². The van der Waals surface area contributed by atoms with E-state index in [2.05, 4.69) is 11.1 Å². The van der Waals surface area contributed by atoms with Crippen LogP contribution < -0.4 is 4.74 Å². The topological polar surface area (TPSA) is 45.9 Å². The maximum absolute atomic E-state index is 8.88. The number of rotatable bonds is 3. The first-order valence-corrected chi connectivity index (χ1v) is 6.27. The highest BCUT2D eigenvalue weighted by atomic mass is 35.5. The number of hydrogen-bond acceptors (Lipinski definition) is 3. The minimum atomic E-state index is 0.186. The number of methoxy groups -OCH3 is 1. The van der Waals surface area contributed by atoms with Crippen molar-refractivity contribution in [3.05, 3.63) is 46.1 Å². The van der Waals surface area contributed by atoms with Gasteiger partial charge in [0.1, 0.15) is 0 Å². The third kappa shape index (κ3) is 2.98. The van der Waals surface area contributed by atoms with Gasteiger partial charge in [0.2, 0.25) is 5.88 Å². The molecule has 0 spiro atoms. The molecular weight excluding hydrogens is 283 g/mol. The predicted molar refractivity (Wildman–Crippen MR) is 75.6 cm³/mol. The van der Waals surface area contributed by atoms with E-state index in [1.165, 1.54) is 7.11 Å². The summed E-state index contributed by atoms with van der Waals surface area (Å²) in [4.78, 5) is 4.28. The van der Waals surface area contributed by atoms with Crippen molar-refractivity contribution in [2.45, 2.75) is 6.42 Å². The van der Waals surface area contributed by atoms with Gasteiger partial charge in [-0.15, -0.1) is 0 Å². The number of halogens is 2. The summed E-state index contributed by atoms with van der Waals surface area (Å²) in [6.45, 7) is 0. The molecule has 0 amide bonds. The molecule has 2 rings (SSSR count). The average molecular weight is 293 g/mol. The molecule has 0 aliphatic heterocycles. The molecule has 0 fully saturated rings. The molecule has 1 heterocycles. The van der Waals surface area contributed by atoms with Gasteiger partial charge >= 0.3 is 0 Å². The Morgan fingerprint density at radius 3 is 2.58 bits per heavy atom. The van der Waals surface area contributed by atoms with Gasteiger partial charge in [0, 0.05) is 27.2 Å². The zero-order valence-electron chi connectivity index (χ0n) is 10.2. The Kier molecular flexibility index (Phi) is 4.26. The van der Waals surface area contributed by atoms with Crippen molar-refractivity contribution >= 4 is 23.2 Å². The molecule has 96 valence electrons. The molecule has 0 atom stereocenters. The van der Waals surface area contributed by atoms with E-state index in [-0.39, 0.29) is 6.42 Å². The van der Waals surface area contributed by atoms with E-state index >= 15 is 0 Å². The first kappa shape index (κ1) is 13.7. The van der Waals surface area contributed by atoms with E-state index in [1.807, 2.05) is 12.1 Å². The van der Waals surface area contributed by atoms with Crippen molar-refractivity contribution in [3.63, 3.8) is 0 Å². The summed E-state index contributed by atoms with van der Waals surface area (Å²) >= 11 is 12.1. The van der Waals surface area contributed by atoms with Crippen LogP contribution in [0.15, 0.2) is 30.3 Å². The van der Waals surface area contributed by atoms with Gasteiger partial charge in [0.25, 0.3) is 0 Å². The lowest BCUT2D eigenvalue weighted by molar-refractivity contribution is 0.397. The fraction of sp³-hybridized carbons (Fsp3) is 0.143. The highest BCUT2D eigenvalue weighted by Gasteiger charge is 2.11. The number of ether oxygens (including phenoxy) is 1. The van der Waals surface area contributed by atoms with Crippen LogP contribution in [0.1, 0.15) is 5.69 Å². The molecular formula is C14H10Cl2N2O. The first-order valence-electron chi connectivity index (χ1n) is 5.52. The molecule has 0 aliphatic carbocycles. The zero-order chi connectivity index (χ0) is 13.8. The molecule has 2 aromatic rings. The maximum atomic E-state index is 8.88. The quantitative estimate of drug-likeness (QED) is 0.854. The molecule has 0 unspecified atom stereocenters. The third-order valence-corrected chi connectivity index (χ3v) is 3.17. The van der Waals surface area contributed by atoms with E-state index in [4.69, 9.17) is 33.2 Å². The van der Waals surface area contributed by atoms with Crippen LogP contribution in [0, 0.1) is 11.3 Å². The fourth-order valence-corrected chi connectivity index (χ4v) is 2.27. The number of hydrogen-bond donors (Lipinski definition) is 0. The molecule has 1 aromatic heterocycles. The van der Waals surface area contributed by atoms with Crippen molar-refractivity contribution in [3.8, 4) is 23.1 Å². The Hall–Kier alpha value is -1.76. The smallest absolute Gasteiger partial charge is 0.213 e. The van der Waals surface area contributed by atoms with E-state index in [1.54, 1.807) is 18.2 Å². The van der Waals surface area contributed by atoms with Gasteiger partial charge in [-0.1, -0.05) is 29.3 Å². The molecule has 0 saturated heterocycles. The summed E-state index contributed by atoms with van der Waals surface area (Å²) in [5.74, 6) is 0.471. The highest BCUT2D eigenvalue weighted by molar-refractivity contribution is 6.36. The van der Waals surface area contributed by atoms with Gasteiger partial charge in [-0.3, -0.25) is 0 Å². The number of aromatic nitrogens is 1. The lowest BCUT2D eigenvalue weighted by Crippen LogP contribution is -1.97. The number of nitrogens with zero attached hydrogens (tertiary/aromatic N) is 2. The van der Waals surface area contributed by atoms with Crippen LogP contribution in [-0.4, -0.2) is 12.1 Å². The molecule has 0 aliphatic rings. The predicted octanol–water partition coefficient (Wildman–Crippen LogP) is 4.13. The van der Waals surface area contributed by atoms with Crippen molar-refractivity contribution < 1.29 is 4.74 Å². The summed E-state index contributed by atoms with van der Waals surface area (Å²) in [6.07, 6.45) is 0.186. The molecule has 0 bridgehead atoms. The summed E-state index contributed by atoms with van der Waals surface area (Å²) in [7, 11) is 1.54. The second-order valence-corrected chi connectivity index (χ2v) is 4.65. The van der Waals surface area contributed by atoms with Gasteiger partial charge in [-0.25, -0.2) is 4.98 Å². The number of benzene rings is 1. The summed E-state index contributed by atoms with van der Waals surface area (Å²) in [5, 5.41) is 9.98. The van der Waals surface area contributed by atoms with Crippen LogP contribution in [0.2, 0.25) is 10.0 Å². The second-order valence-electron chi connectivity index (χ2n) is 3.81. The maximum Gasteiger partial charge on any atom is 0.213 e. The molecule has 5 heteroatoms. The standard InChI is InChI=1S/C14H10Cl2N2O/c1-19-14-5-4-11(13(18-14)6-7-17)10-3-2-9(15)8-12(10)16/h2-5,8H,6H2,1H3. The Morgan fingerprint density at radius 1 is 1.21 bits per heavy atom. The zero-order valence-corrected chi connectivity index (χ0v) is 11.7. The van der Waals surface area contributed by atoms with Crippen LogP contribution in [0.5, 0.6) is 5.88 Å². The molecule has 0 N–H and O–H groups in total. The van der Waals surface area contributed by atoms with Crippen LogP contribution in [0.25, 0.3) is 11.1 Å². The van der Waals surface area contributed by atoms with Gasteiger partial charge in [0.05, 0.1) is 25.3 Å². The largest absolute Gasteiger partial charge is 0.481 e. The minimum absolute atomic E-state index is 0.186. The second kappa shape index (κ2) is 5.92. The van der Waals surface area contributed by atoms with Crippen molar-refractivity contribution in [1.82, 2.24) is 4.98 Å². The Labute approximate surface area is 121 Å². The third-order valence-electron chi connectivity index (χ3n) is 2.63. The van der Waals surface area contributed by atoms with Crippen molar-refractivity contribution in [2.24, 2.45) is 0 Å². The summed E-state index contributed by atoms with van der Waals surface area (Å²) in [5.41, 5.74) is 2.24. The normalized spacial score (nSPS) is 10.0. The number of nitriles is 1. The fourth-order valence-electron chi connectivity index (χ4n) is 1.76. The van der Waals surface area contributed by atoms with E-state index in [9.17, 15) is 0 Å². The Bertz CT molecular complexity index is 650. The molecule has 0 saturated carbocycles. The molecule has 3 nitrogen and oxygen atoms in total. The lowest BCUT2D eigenvalue weighted by Gasteiger charge is -2.10. The summed E-state index contributed by atoms with van der Waals surface area (Å²) < 4.78 is 5.07. The van der Waals surface area contributed by atoms with E-state index < -0.39 is 0 Å². The van der Waals surface area contributed by atoms with Crippen LogP contribution in [0.3, 0.4) is 0 Å². The van der Waals surface area contributed by atoms with Gasteiger partial charge < -0.3 is 4.74 Å². The van der Waals surface area contributed by atoms with Gasteiger partial charge in [0.15, 0.2) is 0 Å². The first-order chi connectivity index (χ1) is 9.15. The Balaban J connectivity index is 2.58. The lowest BCUT2D eigenvalue weighted by atomic mass is 10.0. The average Bonchev–Trinajstić information content (AvgIpc) is 2.40. The molecule has 0 radical (unpaired) electrons. The van der Waals surface area contributed by atoms with Crippen LogP contribution in [0.4, 0.5) is 0 Å². The Morgan fingerprint density at radius 2 is 1.95 bits per heavy atom. The van der Waals surface area contributed by atoms with Crippen LogP contribution in [-0.2, 0) is 6.42 Å². The summed E-state index contributed by atoms with van der Waals surface area (Å²) in [6, 6.07) is 10.9. The van der Waals surface area contributed by atoms with Crippen molar-refractivity contribution in [1.29, 1.82) is 5.26 Å². The monoisotopic (exact) mass is 292 g/mol. The SMILES string of the molecule is COc1ccc(-c2ccc(Cl)cc2Cl)c(CC#N)n1. The van der Waals surface area contributed by atoms with Crippen LogP contribution >= 0.6 is 23.2 Å². The molecule has 19 heavy (non-hydrogen) atoms. The number of pyridine rings is 1. The van der Waals surface area contributed by atoms with Gasteiger partial charge in [-0.2, -0.15) is 5.26 Å². The highest BCUT2D eigenvalue weighted by Crippen LogP contribution is 2.33. The van der Waals surface area contributed by atoms with Crippen molar-refractivity contribution in [2.75, 3.05) is 7.11 Å². The van der Waals surface area contributed by atoms with E-state index in [0.29, 0.717) is 21.6 Å². The molecule has 1 aromatic carbocycles. The minimum Gasteiger partial charge on any atom is -0.481 e. The van der Waals surface area contributed by atoms with Gasteiger partial charge in [-0.05, 0) is 18.2 Å².